The van der Waals surface area contributed by atoms with E-state index in [4.69, 9.17) is 4.74 Å². The van der Waals surface area contributed by atoms with E-state index < -0.39 is 6.10 Å². The maximum Gasteiger partial charge on any atom is 0.125 e. The zero-order valence-corrected chi connectivity index (χ0v) is 17.5. The van der Waals surface area contributed by atoms with Crippen LogP contribution in [0.3, 0.4) is 0 Å². The van der Waals surface area contributed by atoms with Gasteiger partial charge in [-0.15, -0.1) is 11.8 Å². The highest BCUT2D eigenvalue weighted by molar-refractivity contribution is 7.98. The molecule has 0 saturated carbocycles. The number of aryl methyl sites for hydroxylation is 2. The van der Waals surface area contributed by atoms with Gasteiger partial charge in [0.25, 0.3) is 0 Å². The van der Waals surface area contributed by atoms with Crippen LogP contribution in [0.2, 0.25) is 0 Å². The molecule has 0 fully saturated rings. The van der Waals surface area contributed by atoms with Crippen LogP contribution in [0.25, 0.3) is 6.08 Å². The van der Waals surface area contributed by atoms with Crippen LogP contribution in [-0.4, -0.2) is 17.0 Å². The third kappa shape index (κ3) is 5.39. The Labute approximate surface area is 162 Å². The van der Waals surface area contributed by atoms with Crippen LogP contribution in [0.5, 0.6) is 5.75 Å². The van der Waals surface area contributed by atoms with Gasteiger partial charge in [0, 0.05) is 4.90 Å². The summed E-state index contributed by atoms with van der Waals surface area (Å²) in [7, 11) is 0. The molecule has 2 nitrogen and oxygen atoms in total. The zero-order valence-electron chi connectivity index (χ0n) is 16.7. The number of thioether (sulfide) groups is 1. The summed E-state index contributed by atoms with van der Waals surface area (Å²) in [5.41, 5.74) is 4.03. The minimum Gasteiger partial charge on any atom is -0.487 e. The Morgan fingerprint density at radius 3 is 2.19 bits per heavy atom. The Bertz CT molecular complexity index is 737. The van der Waals surface area contributed by atoms with Crippen molar-refractivity contribution >= 4 is 17.8 Å². The van der Waals surface area contributed by atoms with Crippen molar-refractivity contribution in [2.45, 2.75) is 57.6 Å². The van der Waals surface area contributed by atoms with Gasteiger partial charge in [-0.1, -0.05) is 31.2 Å². The van der Waals surface area contributed by atoms with E-state index >= 15 is 0 Å². The molecule has 0 bridgehead atoms. The van der Waals surface area contributed by atoms with Crippen molar-refractivity contribution in [3.05, 3.63) is 64.7 Å². The fraction of sp³-hybridized carbons (Fsp3) is 0.391. The molecule has 2 aromatic rings. The van der Waals surface area contributed by atoms with Gasteiger partial charge in [-0.2, -0.15) is 0 Å². The first-order chi connectivity index (χ1) is 12.3. The summed E-state index contributed by atoms with van der Waals surface area (Å²) < 4.78 is 6.21. The van der Waals surface area contributed by atoms with Crippen molar-refractivity contribution < 1.29 is 9.84 Å². The molecular weight excluding hydrogens is 340 g/mol. The predicted molar refractivity (Wildman–Crippen MR) is 113 cm³/mol. The van der Waals surface area contributed by atoms with Gasteiger partial charge < -0.3 is 9.84 Å². The molecule has 0 heterocycles. The zero-order chi connectivity index (χ0) is 19.3. The van der Waals surface area contributed by atoms with Crippen LogP contribution in [-0.2, 0) is 0 Å². The van der Waals surface area contributed by atoms with Crippen LogP contribution in [0.15, 0.2) is 47.4 Å². The molecule has 0 saturated heterocycles. The Kier molecular flexibility index (Phi) is 6.96. The van der Waals surface area contributed by atoms with Crippen LogP contribution in [0.1, 0.15) is 55.5 Å². The molecule has 26 heavy (non-hydrogen) atoms. The molecule has 0 aliphatic carbocycles. The van der Waals surface area contributed by atoms with E-state index in [2.05, 4.69) is 46.8 Å². The van der Waals surface area contributed by atoms with E-state index in [1.54, 1.807) is 11.8 Å². The van der Waals surface area contributed by atoms with Crippen molar-refractivity contribution in [3.63, 3.8) is 0 Å². The van der Waals surface area contributed by atoms with Crippen molar-refractivity contribution in [2.24, 2.45) is 0 Å². The van der Waals surface area contributed by atoms with Crippen LogP contribution < -0.4 is 4.74 Å². The fourth-order valence-electron chi connectivity index (χ4n) is 2.70. The lowest BCUT2D eigenvalue weighted by molar-refractivity contribution is 0.103. The summed E-state index contributed by atoms with van der Waals surface area (Å²) in [6.07, 6.45) is 6.20. The van der Waals surface area contributed by atoms with Gasteiger partial charge in [0.15, 0.2) is 0 Å². The molecule has 1 N–H and O–H groups in total. The second kappa shape index (κ2) is 8.79. The normalized spacial score (nSPS) is 13.2. The molecule has 0 spiro atoms. The van der Waals surface area contributed by atoms with Crippen molar-refractivity contribution in [3.8, 4) is 5.75 Å². The standard InChI is InChI=1S/C23H30O2S/c1-7-23(4,5)25-22-16(2)14-18(15-17(22)3)8-13-21(24)19-9-11-20(26-6)12-10-19/h8-15,21,24H,7H2,1-6H3/b13-8+. The van der Waals surface area contributed by atoms with Gasteiger partial charge in [-0.3, -0.25) is 0 Å². The Morgan fingerprint density at radius 1 is 1.12 bits per heavy atom. The smallest absolute Gasteiger partial charge is 0.125 e. The van der Waals surface area contributed by atoms with Crippen molar-refractivity contribution in [1.29, 1.82) is 0 Å². The second-order valence-corrected chi connectivity index (χ2v) is 8.16. The van der Waals surface area contributed by atoms with Crippen LogP contribution in [0, 0.1) is 13.8 Å². The highest BCUT2D eigenvalue weighted by atomic mass is 32.2. The van der Waals surface area contributed by atoms with Gasteiger partial charge in [-0.25, -0.2) is 0 Å². The summed E-state index contributed by atoms with van der Waals surface area (Å²) in [6.45, 7) is 10.5. The number of hydrogen-bond donors (Lipinski definition) is 1. The van der Waals surface area contributed by atoms with Crippen molar-refractivity contribution in [2.75, 3.05) is 6.26 Å². The third-order valence-electron chi connectivity index (χ3n) is 4.64. The molecule has 0 aliphatic heterocycles. The number of hydrogen-bond acceptors (Lipinski definition) is 3. The first kappa shape index (κ1) is 20.6. The molecule has 0 aromatic heterocycles. The fourth-order valence-corrected chi connectivity index (χ4v) is 3.11. The van der Waals surface area contributed by atoms with E-state index in [-0.39, 0.29) is 5.60 Å². The number of rotatable bonds is 7. The molecule has 1 unspecified atom stereocenters. The number of ether oxygens (including phenoxy) is 1. The van der Waals surface area contributed by atoms with Crippen molar-refractivity contribution in [1.82, 2.24) is 0 Å². The highest BCUT2D eigenvalue weighted by Crippen LogP contribution is 2.30. The Balaban J connectivity index is 2.17. The number of benzene rings is 2. The van der Waals surface area contributed by atoms with Crippen LogP contribution in [0.4, 0.5) is 0 Å². The molecule has 0 amide bonds. The van der Waals surface area contributed by atoms with Gasteiger partial charge in [0.05, 0.1) is 6.10 Å². The summed E-state index contributed by atoms with van der Waals surface area (Å²) >= 11 is 1.70. The van der Waals surface area contributed by atoms with Gasteiger partial charge in [0.1, 0.15) is 11.4 Å². The molecule has 0 radical (unpaired) electrons. The molecule has 2 rings (SSSR count). The first-order valence-corrected chi connectivity index (χ1v) is 10.3. The van der Waals surface area contributed by atoms with E-state index in [1.807, 2.05) is 42.7 Å². The quantitative estimate of drug-likeness (QED) is 0.577. The molecule has 140 valence electrons. The summed E-state index contributed by atoms with van der Waals surface area (Å²) in [5.74, 6) is 0.960. The Morgan fingerprint density at radius 2 is 1.69 bits per heavy atom. The monoisotopic (exact) mass is 370 g/mol. The van der Waals surface area contributed by atoms with E-state index in [9.17, 15) is 5.11 Å². The van der Waals surface area contributed by atoms with E-state index in [0.29, 0.717) is 0 Å². The second-order valence-electron chi connectivity index (χ2n) is 7.28. The average molecular weight is 371 g/mol. The van der Waals surface area contributed by atoms with Gasteiger partial charge in [0.2, 0.25) is 0 Å². The summed E-state index contributed by atoms with van der Waals surface area (Å²) in [6, 6.07) is 12.2. The molecule has 3 heteroatoms. The van der Waals surface area contributed by atoms with Gasteiger partial charge >= 0.3 is 0 Å². The number of aliphatic hydroxyl groups excluding tert-OH is 1. The van der Waals surface area contributed by atoms with Gasteiger partial charge in [-0.05, 0) is 86.9 Å². The molecular formula is C23H30O2S. The maximum absolute atomic E-state index is 10.4. The van der Waals surface area contributed by atoms with Crippen LogP contribution >= 0.6 is 11.8 Å². The lowest BCUT2D eigenvalue weighted by Gasteiger charge is -2.27. The summed E-state index contributed by atoms with van der Waals surface area (Å²) in [4.78, 5) is 1.20. The Hall–Kier alpha value is -1.71. The molecule has 2 aromatic carbocycles. The minimum atomic E-state index is -0.610. The average Bonchev–Trinajstić information content (AvgIpc) is 2.63. The largest absolute Gasteiger partial charge is 0.487 e. The number of aliphatic hydroxyl groups is 1. The first-order valence-electron chi connectivity index (χ1n) is 9.06. The minimum absolute atomic E-state index is 0.175. The van der Waals surface area contributed by atoms with E-state index in [1.165, 1.54) is 4.90 Å². The SMILES string of the molecule is CCC(C)(C)Oc1c(C)cc(/C=C/C(O)c2ccc(SC)cc2)cc1C. The lowest BCUT2D eigenvalue weighted by atomic mass is 10.0. The third-order valence-corrected chi connectivity index (χ3v) is 5.38. The highest BCUT2D eigenvalue weighted by Gasteiger charge is 2.19. The molecule has 1 atom stereocenters. The molecule has 0 aliphatic rings. The maximum atomic E-state index is 10.4. The summed E-state index contributed by atoms with van der Waals surface area (Å²) in [5, 5.41) is 10.4. The predicted octanol–water partition coefficient (Wildman–Crippen LogP) is 6.34. The topological polar surface area (TPSA) is 29.5 Å². The lowest BCUT2D eigenvalue weighted by Crippen LogP contribution is -2.27. The van der Waals surface area contributed by atoms with E-state index in [0.717, 1.165) is 34.4 Å².